The number of aromatic nitrogens is 2. The summed E-state index contributed by atoms with van der Waals surface area (Å²) in [7, 11) is 0. The van der Waals surface area contributed by atoms with Crippen LogP contribution < -0.4 is 0 Å². The Bertz CT molecular complexity index is 558. The standard InChI is InChI=1S/C13H16N2O2/c1-8(2)15-12-10(7-14-15)5-4-6-11(12)9(3)13(16)17/h4-9H,1-3H3,(H,16,17). The van der Waals surface area contributed by atoms with Crippen LogP contribution in [-0.4, -0.2) is 20.9 Å². The van der Waals surface area contributed by atoms with Crippen LogP contribution in [0.25, 0.3) is 10.9 Å². The van der Waals surface area contributed by atoms with E-state index in [0.29, 0.717) is 0 Å². The maximum atomic E-state index is 11.1. The number of carboxylic acids is 1. The molecule has 1 aromatic carbocycles. The maximum Gasteiger partial charge on any atom is 0.310 e. The van der Waals surface area contributed by atoms with Crippen LogP contribution in [0, 0.1) is 0 Å². The third-order valence-electron chi connectivity index (χ3n) is 2.97. The average Bonchev–Trinajstić information content (AvgIpc) is 2.71. The van der Waals surface area contributed by atoms with E-state index >= 15 is 0 Å². The first-order chi connectivity index (χ1) is 8.02. The van der Waals surface area contributed by atoms with E-state index in [9.17, 15) is 4.79 Å². The van der Waals surface area contributed by atoms with E-state index < -0.39 is 11.9 Å². The summed E-state index contributed by atoms with van der Waals surface area (Å²) in [6, 6.07) is 5.92. The molecule has 2 rings (SSSR count). The second kappa shape index (κ2) is 4.20. The minimum Gasteiger partial charge on any atom is -0.481 e. The quantitative estimate of drug-likeness (QED) is 0.885. The first kappa shape index (κ1) is 11.6. The first-order valence-electron chi connectivity index (χ1n) is 5.71. The number of fused-ring (bicyclic) bond motifs is 1. The molecule has 0 bridgehead atoms. The second-order valence-corrected chi connectivity index (χ2v) is 4.53. The average molecular weight is 232 g/mol. The van der Waals surface area contributed by atoms with Gasteiger partial charge in [-0.15, -0.1) is 0 Å². The summed E-state index contributed by atoms with van der Waals surface area (Å²) in [5.41, 5.74) is 1.75. The fourth-order valence-electron chi connectivity index (χ4n) is 2.00. The summed E-state index contributed by atoms with van der Waals surface area (Å²) in [6.45, 7) is 5.78. The van der Waals surface area contributed by atoms with E-state index in [1.807, 2.05) is 36.7 Å². The molecular formula is C13H16N2O2. The number of rotatable bonds is 3. The van der Waals surface area contributed by atoms with Crippen molar-refractivity contribution >= 4 is 16.9 Å². The van der Waals surface area contributed by atoms with E-state index in [2.05, 4.69) is 5.10 Å². The molecule has 1 N–H and O–H groups in total. The van der Waals surface area contributed by atoms with Crippen LogP contribution in [0.2, 0.25) is 0 Å². The molecule has 90 valence electrons. The van der Waals surface area contributed by atoms with Gasteiger partial charge in [-0.1, -0.05) is 18.2 Å². The Morgan fingerprint density at radius 3 is 2.65 bits per heavy atom. The van der Waals surface area contributed by atoms with Crippen LogP contribution in [-0.2, 0) is 4.79 Å². The van der Waals surface area contributed by atoms with Crippen molar-refractivity contribution in [2.24, 2.45) is 0 Å². The van der Waals surface area contributed by atoms with E-state index in [1.54, 1.807) is 13.1 Å². The third-order valence-corrected chi connectivity index (χ3v) is 2.97. The highest BCUT2D eigenvalue weighted by atomic mass is 16.4. The van der Waals surface area contributed by atoms with Gasteiger partial charge in [-0.25, -0.2) is 0 Å². The predicted octanol–water partition coefficient (Wildman–Crippen LogP) is 2.81. The Labute approximate surface area is 99.9 Å². The Balaban J connectivity index is 2.70. The molecular weight excluding hydrogens is 216 g/mol. The normalized spacial score (nSPS) is 13.2. The molecule has 0 aliphatic carbocycles. The molecule has 1 heterocycles. The summed E-state index contributed by atoms with van der Waals surface area (Å²) >= 11 is 0. The zero-order valence-corrected chi connectivity index (χ0v) is 10.2. The van der Waals surface area contributed by atoms with Gasteiger partial charge in [0.2, 0.25) is 0 Å². The van der Waals surface area contributed by atoms with Gasteiger partial charge in [0, 0.05) is 11.4 Å². The minimum atomic E-state index is -0.811. The van der Waals surface area contributed by atoms with Crippen molar-refractivity contribution in [3.05, 3.63) is 30.0 Å². The molecule has 0 amide bonds. The van der Waals surface area contributed by atoms with Gasteiger partial charge in [0.25, 0.3) is 0 Å². The lowest BCUT2D eigenvalue weighted by Crippen LogP contribution is -2.11. The summed E-state index contributed by atoms with van der Waals surface area (Å²) in [5.74, 6) is -1.33. The van der Waals surface area contributed by atoms with Crippen molar-refractivity contribution in [2.45, 2.75) is 32.7 Å². The number of benzene rings is 1. The highest BCUT2D eigenvalue weighted by Crippen LogP contribution is 2.27. The van der Waals surface area contributed by atoms with E-state index in [1.165, 1.54) is 0 Å². The zero-order chi connectivity index (χ0) is 12.6. The van der Waals surface area contributed by atoms with Gasteiger partial charge >= 0.3 is 5.97 Å². The smallest absolute Gasteiger partial charge is 0.310 e. The lowest BCUT2D eigenvalue weighted by atomic mass is 9.99. The van der Waals surface area contributed by atoms with Crippen molar-refractivity contribution in [3.63, 3.8) is 0 Å². The molecule has 0 aliphatic heterocycles. The zero-order valence-electron chi connectivity index (χ0n) is 10.2. The molecule has 0 saturated heterocycles. The number of carboxylic acid groups (broad SMARTS) is 1. The van der Waals surface area contributed by atoms with Crippen molar-refractivity contribution in [1.29, 1.82) is 0 Å². The molecule has 1 unspecified atom stereocenters. The van der Waals surface area contributed by atoms with E-state index in [0.717, 1.165) is 16.5 Å². The van der Waals surface area contributed by atoms with Gasteiger partial charge < -0.3 is 5.11 Å². The van der Waals surface area contributed by atoms with E-state index in [4.69, 9.17) is 5.11 Å². The lowest BCUT2D eigenvalue weighted by molar-refractivity contribution is -0.138. The molecule has 2 aromatic rings. The topological polar surface area (TPSA) is 55.1 Å². The summed E-state index contributed by atoms with van der Waals surface area (Å²) in [6.07, 6.45) is 1.79. The monoisotopic (exact) mass is 232 g/mol. The van der Waals surface area contributed by atoms with Gasteiger partial charge in [0.1, 0.15) is 0 Å². The van der Waals surface area contributed by atoms with Crippen LogP contribution in [0.1, 0.15) is 38.3 Å². The number of carbonyl (C=O) groups is 1. The Hall–Kier alpha value is -1.84. The summed E-state index contributed by atoms with van der Waals surface area (Å²) < 4.78 is 1.88. The Morgan fingerprint density at radius 2 is 2.06 bits per heavy atom. The highest BCUT2D eigenvalue weighted by molar-refractivity contribution is 5.88. The van der Waals surface area contributed by atoms with Gasteiger partial charge in [0.05, 0.1) is 17.6 Å². The molecule has 0 fully saturated rings. The highest BCUT2D eigenvalue weighted by Gasteiger charge is 2.19. The fourth-order valence-corrected chi connectivity index (χ4v) is 2.00. The van der Waals surface area contributed by atoms with Gasteiger partial charge in [-0.05, 0) is 26.3 Å². The predicted molar refractivity (Wildman–Crippen MR) is 66.2 cm³/mol. The third kappa shape index (κ3) is 1.90. The first-order valence-corrected chi connectivity index (χ1v) is 5.71. The fraction of sp³-hybridized carbons (Fsp3) is 0.385. The van der Waals surface area contributed by atoms with E-state index in [-0.39, 0.29) is 6.04 Å². The molecule has 0 saturated carbocycles. The van der Waals surface area contributed by atoms with Crippen molar-refractivity contribution in [2.75, 3.05) is 0 Å². The molecule has 1 atom stereocenters. The van der Waals surface area contributed by atoms with Crippen LogP contribution in [0.5, 0.6) is 0 Å². The van der Waals surface area contributed by atoms with Crippen molar-refractivity contribution in [1.82, 2.24) is 9.78 Å². The second-order valence-electron chi connectivity index (χ2n) is 4.53. The van der Waals surface area contributed by atoms with Crippen LogP contribution in [0.15, 0.2) is 24.4 Å². The van der Waals surface area contributed by atoms with Gasteiger partial charge in [0.15, 0.2) is 0 Å². The molecule has 17 heavy (non-hydrogen) atoms. The summed E-state index contributed by atoms with van der Waals surface area (Å²) in [4.78, 5) is 11.1. The van der Waals surface area contributed by atoms with Crippen LogP contribution in [0.3, 0.4) is 0 Å². The molecule has 0 radical (unpaired) electrons. The number of hydrogen-bond donors (Lipinski definition) is 1. The molecule has 4 nitrogen and oxygen atoms in total. The lowest BCUT2D eigenvalue weighted by Gasteiger charge is -2.13. The summed E-state index contributed by atoms with van der Waals surface area (Å²) in [5, 5.41) is 14.4. The minimum absolute atomic E-state index is 0.217. The maximum absolute atomic E-state index is 11.1. The van der Waals surface area contributed by atoms with Crippen LogP contribution in [0.4, 0.5) is 0 Å². The van der Waals surface area contributed by atoms with Crippen molar-refractivity contribution < 1.29 is 9.90 Å². The Morgan fingerprint density at radius 1 is 1.35 bits per heavy atom. The molecule has 0 spiro atoms. The SMILES string of the molecule is CC(C(=O)O)c1cccc2cnn(C(C)C)c12. The van der Waals surface area contributed by atoms with Gasteiger partial charge in [-0.2, -0.15) is 5.10 Å². The molecule has 4 heteroatoms. The largest absolute Gasteiger partial charge is 0.481 e. The number of para-hydroxylation sites is 1. The van der Waals surface area contributed by atoms with Gasteiger partial charge in [-0.3, -0.25) is 9.48 Å². The number of hydrogen-bond acceptors (Lipinski definition) is 2. The molecule has 1 aromatic heterocycles. The number of nitrogens with zero attached hydrogens (tertiary/aromatic N) is 2. The Kier molecular flexibility index (Phi) is 2.88. The van der Waals surface area contributed by atoms with Crippen LogP contribution >= 0.6 is 0 Å². The molecule has 0 aliphatic rings. The number of aliphatic carboxylic acids is 1. The van der Waals surface area contributed by atoms with Crippen molar-refractivity contribution in [3.8, 4) is 0 Å².